The number of nitro benzene ring substituents is 1. The van der Waals surface area contributed by atoms with Gasteiger partial charge in [-0.25, -0.2) is 9.97 Å². The van der Waals surface area contributed by atoms with E-state index in [4.69, 9.17) is 0 Å². The second kappa shape index (κ2) is 8.92. The molecule has 0 bridgehead atoms. The summed E-state index contributed by atoms with van der Waals surface area (Å²) in [7, 11) is 0. The molecule has 164 valence electrons. The zero-order valence-electron chi connectivity index (χ0n) is 18.1. The van der Waals surface area contributed by atoms with Crippen LogP contribution in [0.15, 0.2) is 66.7 Å². The molecule has 0 saturated heterocycles. The smallest absolute Gasteiger partial charge is 0.271 e. The van der Waals surface area contributed by atoms with E-state index < -0.39 is 4.92 Å². The summed E-state index contributed by atoms with van der Waals surface area (Å²) >= 11 is 0. The van der Waals surface area contributed by atoms with Crippen molar-refractivity contribution in [2.45, 2.75) is 13.8 Å². The Bertz CT molecular complexity index is 1410. The summed E-state index contributed by atoms with van der Waals surface area (Å²) in [5.41, 5.74) is 4.49. The number of hydrogen-bond acceptors (Lipinski definition) is 6. The third-order valence-electron chi connectivity index (χ3n) is 5.16. The van der Waals surface area contributed by atoms with Crippen LogP contribution in [0.25, 0.3) is 34.7 Å². The second-order valence-corrected chi connectivity index (χ2v) is 7.72. The van der Waals surface area contributed by atoms with E-state index in [0.717, 1.165) is 11.1 Å². The van der Waals surface area contributed by atoms with Crippen molar-refractivity contribution in [3.05, 3.63) is 110 Å². The quantitative estimate of drug-likeness (QED) is 0.216. The monoisotopic (exact) mass is 439 g/mol. The average Bonchev–Trinajstić information content (AvgIpc) is 2.79. The number of nitro groups is 1. The Kier molecular flexibility index (Phi) is 5.87. The predicted molar refractivity (Wildman–Crippen MR) is 130 cm³/mol. The molecule has 7 nitrogen and oxygen atoms in total. The number of nitrogens with zero attached hydrogens (tertiary/aromatic N) is 3. The van der Waals surface area contributed by atoms with E-state index in [1.54, 1.807) is 24.3 Å². The van der Waals surface area contributed by atoms with Gasteiger partial charge in [-0.2, -0.15) is 0 Å². The minimum absolute atomic E-state index is 0.0185. The van der Waals surface area contributed by atoms with Crippen LogP contribution in [0.2, 0.25) is 0 Å². The number of aromatic nitrogens is 2. The summed E-state index contributed by atoms with van der Waals surface area (Å²) in [4.78, 5) is 19.7. The van der Waals surface area contributed by atoms with E-state index >= 15 is 0 Å². The highest BCUT2D eigenvalue weighted by molar-refractivity contribution is 5.86. The van der Waals surface area contributed by atoms with Gasteiger partial charge in [0, 0.05) is 35.4 Å². The van der Waals surface area contributed by atoms with E-state index in [2.05, 4.69) is 9.97 Å². The highest BCUT2D eigenvalue weighted by Crippen LogP contribution is 2.25. The van der Waals surface area contributed by atoms with Crippen molar-refractivity contribution >= 4 is 40.4 Å². The Hall–Kier alpha value is -4.52. The maximum absolute atomic E-state index is 11.2. The number of rotatable bonds is 5. The molecule has 0 spiro atoms. The number of fused-ring (bicyclic) bond motifs is 1. The lowest BCUT2D eigenvalue weighted by Gasteiger charge is -2.07. The normalized spacial score (nSPS) is 12.2. The minimum Gasteiger partial charge on any atom is -0.507 e. The zero-order valence-corrected chi connectivity index (χ0v) is 18.1. The van der Waals surface area contributed by atoms with Crippen LogP contribution in [0, 0.1) is 24.0 Å². The Balaban J connectivity index is 1.87. The Morgan fingerprint density at radius 3 is 1.67 bits per heavy atom. The van der Waals surface area contributed by atoms with Gasteiger partial charge < -0.3 is 10.2 Å². The molecule has 3 aromatic carbocycles. The fourth-order valence-electron chi connectivity index (χ4n) is 3.27. The van der Waals surface area contributed by atoms with Crippen molar-refractivity contribution in [1.82, 2.24) is 9.97 Å². The largest absolute Gasteiger partial charge is 0.507 e. The maximum Gasteiger partial charge on any atom is 0.271 e. The number of aryl methyl sites for hydroxylation is 2. The number of aliphatic hydroxyl groups is 2. The molecule has 7 heteroatoms. The van der Waals surface area contributed by atoms with Crippen molar-refractivity contribution in [1.29, 1.82) is 0 Å². The van der Waals surface area contributed by atoms with E-state index in [9.17, 15) is 20.3 Å². The summed E-state index contributed by atoms with van der Waals surface area (Å²) in [5, 5.41) is 32.5. The molecule has 0 aliphatic heterocycles. The first-order chi connectivity index (χ1) is 15.8. The van der Waals surface area contributed by atoms with Gasteiger partial charge >= 0.3 is 0 Å². The van der Waals surface area contributed by atoms with Gasteiger partial charge in [0.1, 0.15) is 11.5 Å². The van der Waals surface area contributed by atoms with E-state index in [0.29, 0.717) is 27.9 Å². The van der Waals surface area contributed by atoms with Crippen molar-refractivity contribution in [2.24, 2.45) is 0 Å². The van der Waals surface area contributed by atoms with Crippen LogP contribution >= 0.6 is 0 Å². The summed E-state index contributed by atoms with van der Waals surface area (Å²) in [6.07, 6.45) is 2.90. The third kappa shape index (κ3) is 4.88. The SMILES string of the molecule is Cc1ccc(/C(O)=C/c2nc3ccc([N+](=O)[O-])cc3nc2/C=C(\O)c2ccc(C)cc2)cc1. The van der Waals surface area contributed by atoms with Crippen LogP contribution in [-0.2, 0) is 0 Å². The minimum atomic E-state index is -0.503. The maximum atomic E-state index is 11.2. The molecular weight excluding hydrogens is 418 g/mol. The van der Waals surface area contributed by atoms with Gasteiger partial charge in [-0.3, -0.25) is 10.1 Å². The van der Waals surface area contributed by atoms with Gasteiger partial charge in [0.2, 0.25) is 0 Å². The molecule has 4 rings (SSSR count). The zero-order chi connectivity index (χ0) is 23.5. The van der Waals surface area contributed by atoms with Gasteiger partial charge in [-0.05, 0) is 19.9 Å². The molecule has 0 aliphatic carbocycles. The number of non-ortho nitro benzene ring substituents is 1. The Morgan fingerprint density at radius 2 is 1.21 bits per heavy atom. The van der Waals surface area contributed by atoms with Crippen LogP contribution in [0.3, 0.4) is 0 Å². The Morgan fingerprint density at radius 1 is 0.758 bits per heavy atom. The van der Waals surface area contributed by atoms with E-state index in [1.807, 2.05) is 38.1 Å². The summed E-state index contributed by atoms with van der Waals surface area (Å²) in [5.74, 6) is -0.0615. The van der Waals surface area contributed by atoms with Crippen LogP contribution in [0.5, 0.6) is 0 Å². The Labute approximate surface area is 190 Å². The first kappa shape index (κ1) is 21.7. The lowest BCUT2D eigenvalue weighted by Crippen LogP contribution is -1.98. The fraction of sp³-hybridized carbons (Fsp3) is 0.0769. The molecule has 0 unspecified atom stereocenters. The van der Waals surface area contributed by atoms with Crippen LogP contribution < -0.4 is 0 Å². The van der Waals surface area contributed by atoms with Crippen LogP contribution in [-0.4, -0.2) is 25.1 Å². The van der Waals surface area contributed by atoms with Crippen molar-refractivity contribution in [3.8, 4) is 0 Å². The summed E-state index contributed by atoms with van der Waals surface area (Å²) in [6.45, 7) is 3.90. The molecule has 2 N–H and O–H groups in total. The first-order valence-corrected chi connectivity index (χ1v) is 10.2. The van der Waals surface area contributed by atoms with Gasteiger partial charge in [-0.15, -0.1) is 0 Å². The van der Waals surface area contributed by atoms with Gasteiger partial charge in [0.15, 0.2) is 0 Å². The summed E-state index contributed by atoms with van der Waals surface area (Å²) in [6, 6.07) is 18.8. The number of hydrogen-bond donors (Lipinski definition) is 2. The molecule has 0 amide bonds. The first-order valence-electron chi connectivity index (χ1n) is 10.2. The van der Waals surface area contributed by atoms with Crippen LogP contribution in [0.1, 0.15) is 33.6 Å². The van der Waals surface area contributed by atoms with Crippen molar-refractivity contribution < 1.29 is 15.1 Å². The van der Waals surface area contributed by atoms with Crippen molar-refractivity contribution in [2.75, 3.05) is 0 Å². The second-order valence-electron chi connectivity index (χ2n) is 7.72. The van der Waals surface area contributed by atoms with Crippen LogP contribution in [0.4, 0.5) is 5.69 Å². The standard InChI is InChI=1S/C26H21N3O4/c1-16-3-7-18(8-4-16)25(30)14-23-24(15-26(31)19-9-5-17(2)6-10-19)28-22-13-20(29(32)33)11-12-21(22)27-23/h3-15,30-31H,1-2H3/b25-14-,26-15-. The number of benzene rings is 3. The topological polar surface area (TPSA) is 109 Å². The molecule has 0 saturated carbocycles. The molecule has 0 aliphatic rings. The molecular formula is C26H21N3O4. The molecule has 33 heavy (non-hydrogen) atoms. The molecule has 4 aromatic rings. The molecule has 0 atom stereocenters. The fourth-order valence-corrected chi connectivity index (χ4v) is 3.27. The highest BCUT2D eigenvalue weighted by atomic mass is 16.6. The predicted octanol–water partition coefficient (Wildman–Crippen LogP) is 6.27. The van der Waals surface area contributed by atoms with Gasteiger partial charge in [0.05, 0.1) is 27.3 Å². The van der Waals surface area contributed by atoms with Crippen molar-refractivity contribution in [3.63, 3.8) is 0 Å². The van der Waals surface area contributed by atoms with Gasteiger partial charge in [-0.1, -0.05) is 59.7 Å². The lowest BCUT2D eigenvalue weighted by atomic mass is 10.1. The van der Waals surface area contributed by atoms with Gasteiger partial charge in [0.25, 0.3) is 5.69 Å². The molecule has 0 fully saturated rings. The molecule has 1 aromatic heterocycles. The lowest BCUT2D eigenvalue weighted by molar-refractivity contribution is -0.384. The summed E-state index contributed by atoms with van der Waals surface area (Å²) < 4.78 is 0. The third-order valence-corrected chi connectivity index (χ3v) is 5.16. The van der Waals surface area contributed by atoms with E-state index in [-0.39, 0.29) is 22.9 Å². The highest BCUT2D eigenvalue weighted by Gasteiger charge is 2.13. The van der Waals surface area contributed by atoms with E-state index in [1.165, 1.54) is 30.4 Å². The average molecular weight is 439 g/mol. The number of aliphatic hydroxyl groups excluding tert-OH is 2. The molecule has 1 heterocycles. The molecule has 0 radical (unpaired) electrons.